The summed E-state index contributed by atoms with van der Waals surface area (Å²) < 4.78 is 15.9. The lowest BCUT2D eigenvalue weighted by atomic mass is 9.95. The summed E-state index contributed by atoms with van der Waals surface area (Å²) in [5, 5.41) is 17.2. The SMILES string of the molecule is COc1ccc(-c2noc(C(C)O)c2C(=O)NC2CCCCC2)cc1OC. The average Bonchev–Trinajstić information content (AvgIpc) is 3.13. The molecule has 0 spiro atoms. The molecule has 1 saturated carbocycles. The van der Waals surface area contributed by atoms with Gasteiger partial charge in [0.2, 0.25) is 0 Å². The van der Waals surface area contributed by atoms with Gasteiger partial charge in [0, 0.05) is 11.6 Å². The molecule has 0 saturated heterocycles. The fourth-order valence-electron chi connectivity index (χ4n) is 3.49. The number of aliphatic hydroxyl groups excluding tert-OH is 1. The molecule has 0 radical (unpaired) electrons. The number of nitrogens with one attached hydrogen (secondary N) is 1. The van der Waals surface area contributed by atoms with Crippen LogP contribution in [0.5, 0.6) is 11.5 Å². The molecule has 7 nitrogen and oxygen atoms in total. The van der Waals surface area contributed by atoms with E-state index < -0.39 is 6.10 Å². The molecule has 7 heteroatoms. The molecular weight excluding hydrogens is 348 g/mol. The summed E-state index contributed by atoms with van der Waals surface area (Å²) in [6.45, 7) is 1.55. The number of amides is 1. The van der Waals surface area contributed by atoms with Crippen molar-refractivity contribution >= 4 is 5.91 Å². The molecule has 146 valence electrons. The number of rotatable bonds is 6. The third kappa shape index (κ3) is 4.08. The van der Waals surface area contributed by atoms with Crippen LogP contribution in [-0.2, 0) is 0 Å². The number of carbonyl (C=O) groups is 1. The third-order valence-corrected chi connectivity index (χ3v) is 4.92. The molecule has 27 heavy (non-hydrogen) atoms. The van der Waals surface area contributed by atoms with Gasteiger partial charge in [0.1, 0.15) is 17.4 Å². The summed E-state index contributed by atoms with van der Waals surface area (Å²) in [6, 6.07) is 5.40. The van der Waals surface area contributed by atoms with Gasteiger partial charge in [0.25, 0.3) is 5.91 Å². The van der Waals surface area contributed by atoms with Crippen LogP contribution < -0.4 is 14.8 Å². The Morgan fingerprint density at radius 1 is 1.22 bits per heavy atom. The minimum Gasteiger partial charge on any atom is -0.493 e. The van der Waals surface area contributed by atoms with Gasteiger partial charge >= 0.3 is 0 Å². The summed E-state index contributed by atoms with van der Waals surface area (Å²) in [6.07, 6.45) is 4.41. The summed E-state index contributed by atoms with van der Waals surface area (Å²) in [5.41, 5.74) is 1.29. The summed E-state index contributed by atoms with van der Waals surface area (Å²) in [5.74, 6) is 0.987. The number of methoxy groups -OCH3 is 2. The second-order valence-corrected chi connectivity index (χ2v) is 6.82. The number of benzene rings is 1. The van der Waals surface area contributed by atoms with Crippen LogP contribution >= 0.6 is 0 Å². The van der Waals surface area contributed by atoms with Crippen LogP contribution in [-0.4, -0.2) is 36.4 Å². The maximum Gasteiger partial charge on any atom is 0.257 e. The topological polar surface area (TPSA) is 93.8 Å². The van der Waals surface area contributed by atoms with Crippen molar-refractivity contribution in [2.75, 3.05) is 14.2 Å². The van der Waals surface area contributed by atoms with E-state index in [1.165, 1.54) is 6.42 Å². The van der Waals surface area contributed by atoms with Crippen molar-refractivity contribution in [2.24, 2.45) is 0 Å². The third-order valence-electron chi connectivity index (χ3n) is 4.92. The largest absolute Gasteiger partial charge is 0.493 e. The minimum atomic E-state index is -0.946. The van der Waals surface area contributed by atoms with E-state index in [0.717, 1.165) is 25.7 Å². The van der Waals surface area contributed by atoms with Crippen molar-refractivity contribution in [1.82, 2.24) is 10.5 Å². The zero-order chi connectivity index (χ0) is 19.4. The summed E-state index contributed by atoms with van der Waals surface area (Å²) in [7, 11) is 3.10. The highest BCUT2D eigenvalue weighted by Gasteiger charge is 2.28. The van der Waals surface area contributed by atoms with Gasteiger partial charge in [-0.15, -0.1) is 0 Å². The average molecular weight is 374 g/mol. The van der Waals surface area contributed by atoms with E-state index in [2.05, 4.69) is 10.5 Å². The highest BCUT2D eigenvalue weighted by Crippen LogP contribution is 2.35. The molecule has 0 bridgehead atoms. The molecule has 1 fully saturated rings. The Balaban J connectivity index is 1.97. The zero-order valence-corrected chi connectivity index (χ0v) is 15.9. The summed E-state index contributed by atoms with van der Waals surface area (Å²) in [4.78, 5) is 13.0. The number of hydrogen-bond acceptors (Lipinski definition) is 6. The van der Waals surface area contributed by atoms with E-state index in [1.54, 1.807) is 39.3 Å². The number of nitrogens with zero attached hydrogens (tertiary/aromatic N) is 1. The van der Waals surface area contributed by atoms with Crippen molar-refractivity contribution in [1.29, 1.82) is 0 Å². The van der Waals surface area contributed by atoms with Gasteiger partial charge in [0.05, 0.1) is 14.2 Å². The molecule has 1 aromatic carbocycles. The van der Waals surface area contributed by atoms with E-state index in [-0.39, 0.29) is 23.3 Å². The van der Waals surface area contributed by atoms with Crippen molar-refractivity contribution in [2.45, 2.75) is 51.2 Å². The number of hydrogen-bond donors (Lipinski definition) is 2. The Bertz CT molecular complexity index is 794. The Hall–Kier alpha value is -2.54. The highest BCUT2D eigenvalue weighted by atomic mass is 16.5. The Kier molecular flexibility index (Phi) is 6.01. The summed E-state index contributed by atoms with van der Waals surface area (Å²) >= 11 is 0. The van der Waals surface area contributed by atoms with Crippen molar-refractivity contribution in [3.8, 4) is 22.8 Å². The molecule has 0 aliphatic heterocycles. The quantitative estimate of drug-likeness (QED) is 0.804. The highest BCUT2D eigenvalue weighted by molar-refractivity contribution is 6.01. The minimum absolute atomic E-state index is 0.140. The molecule has 3 rings (SSSR count). The molecule has 2 N–H and O–H groups in total. The van der Waals surface area contributed by atoms with Gasteiger partial charge in [-0.25, -0.2) is 0 Å². The van der Waals surface area contributed by atoms with Crippen LogP contribution in [0, 0.1) is 0 Å². The maximum absolute atomic E-state index is 13.0. The van der Waals surface area contributed by atoms with Crippen LogP contribution in [0.4, 0.5) is 0 Å². The van der Waals surface area contributed by atoms with E-state index in [4.69, 9.17) is 14.0 Å². The smallest absolute Gasteiger partial charge is 0.257 e. The molecule has 1 aliphatic carbocycles. The lowest BCUT2D eigenvalue weighted by molar-refractivity contribution is 0.0915. The van der Waals surface area contributed by atoms with Crippen molar-refractivity contribution < 1.29 is 23.9 Å². The maximum atomic E-state index is 13.0. The Labute approximate surface area is 158 Å². The van der Waals surface area contributed by atoms with Gasteiger partial charge < -0.3 is 24.4 Å². The Morgan fingerprint density at radius 3 is 2.56 bits per heavy atom. The molecule has 1 amide bonds. The fraction of sp³-hybridized carbons (Fsp3) is 0.500. The van der Waals surface area contributed by atoms with Gasteiger partial charge in [0.15, 0.2) is 17.3 Å². The second-order valence-electron chi connectivity index (χ2n) is 6.82. The van der Waals surface area contributed by atoms with Gasteiger partial charge in [-0.05, 0) is 38.0 Å². The van der Waals surface area contributed by atoms with Crippen LogP contribution in [0.3, 0.4) is 0 Å². The lowest BCUT2D eigenvalue weighted by Crippen LogP contribution is -2.36. The van der Waals surface area contributed by atoms with E-state index in [1.807, 2.05) is 0 Å². The predicted octanol–water partition coefficient (Wildman–Crippen LogP) is 3.47. The predicted molar refractivity (Wildman–Crippen MR) is 100 cm³/mol. The van der Waals surface area contributed by atoms with Crippen LogP contribution in [0.2, 0.25) is 0 Å². The number of aliphatic hydroxyl groups is 1. The molecule has 1 unspecified atom stereocenters. The molecule has 1 aliphatic rings. The number of ether oxygens (including phenoxy) is 2. The van der Waals surface area contributed by atoms with Crippen molar-refractivity contribution in [3.05, 3.63) is 29.5 Å². The number of aromatic nitrogens is 1. The zero-order valence-electron chi connectivity index (χ0n) is 15.9. The molecule has 1 aromatic heterocycles. The van der Waals surface area contributed by atoms with Crippen LogP contribution in [0.1, 0.15) is 61.3 Å². The van der Waals surface area contributed by atoms with Gasteiger partial charge in [-0.3, -0.25) is 4.79 Å². The monoisotopic (exact) mass is 374 g/mol. The van der Waals surface area contributed by atoms with Crippen molar-refractivity contribution in [3.63, 3.8) is 0 Å². The Morgan fingerprint density at radius 2 is 1.93 bits per heavy atom. The normalized spacial score (nSPS) is 16.0. The first-order valence-electron chi connectivity index (χ1n) is 9.26. The standard InChI is InChI=1S/C20H26N2O5/c1-12(23)19-17(20(24)21-14-7-5-4-6-8-14)18(22-27-19)13-9-10-15(25-2)16(11-13)26-3/h9-12,14,23H,4-8H2,1-3H3,(H,21,24). The molecule has 1 heterocycles. The van der Waals surface area contributed by atoms with E-state index >= 15 is 0 Å². The first-order valence-corrected chi connectivity index (χ1v) is 9.26. The second kappa shape index (κ2) is 8.43. The fourth-order valence-corrected chi connectivity index (χ4v) is 3.49. The van der Waals surface area contributed by atoms with E-state index in [9.17, 15) is 9.90 Å². The van der Waals surface area contributed by atoms with Gasteiger partial charge in [-0.2, -0.15) is 0 Å². The van der Waals surface area contributed by atoms with Gasteiger partial charge in [-0.1, -0.05) is 24.4 Å². The molecule has 1 atom stereocenters. The first-order chi connectivity index (χ1) is 13.0. The number of carbonyl (C=O) groups excluding carboxylic acids is 1. The molecular formula is C20H26N2O5. The molecule has 2 aromatic rings. The first kappa shape index (κ1) is 19.2. The van der Waals surface area contributed by atoms with E-state index in [0.29, 0.717) is 22.8 Å². The van der Waals surface area contributed by atoms with Crippen LogP contribution in [0.25, 0.3) is 11.3 Å². The lowest BCUT2D eigenvalue weighted by Gasteiger charge is -2.23. The van der Waals surface area contributed by atoms with Crippen LogP contribution in [0.15, 0.2) is 22.7 Å².